The van der Waals surface area contributed by atoms with Gasteiger partial charge in [0.05, 0.1) is 0 Å². The molecule has 1 aromatic heterocycles. The molecule has 0 amide bonds. The molecule has 2 heterocycles. The summed E-state index contributed by atoms with van der Waals surface area (Å²) >= 11 is 7.57. The Bertz CT molecular complexity index is 741. The van der Waals surface area contributed by atoms with Gasteiger partial charge in [0.1, 0.15) is 4.21 Å². The molecule has 0 aliphatic carbocycles. The van der Waals surface area contributed by atoms with Crippen molar-refractivity contribution in [2.75, 3.05) is 19.6 Å². The molecule has 1 aromatic carbocycles. The number of hydrogen-bond acceptors (Lipinski definition) is 4. The van der Waals surface area contributed by atoms with Crippen LogP contribution in [0.25, 0.3) is 0 Å². The molecule has 4 nitrogen and oxygen atoms in total. The zero-order chi connectivity index (χ0) is 16.3. The van der Waals surface area contributed by atoms with E-state index in [2.05, 4.69) is 9.62 Å². The average molecular weight is 371 g/mol. The fourth-order valence-electron chi connectivity index (χ4n) is 2.91. The number of nitrogens with one attached hydrogen (secondary N) is 1. The van der Waals surface area contributed by atoms with Gasteiger partial charge in [-0.2, -0.15) is 0 Å². The lowest BCUT2D eigenvalue weighted by molar-refractivity contribution is 0.246. The Labute approximate surface area is 146 Å². The third kappa shape index (κ3) is 3.95. The molecule has 1 aliphatic heterocycles. The van der Waals surface area contributed by atoms with Gasteiger partial charge in [-0.15, -0.1) is 11.3 Å². The molecular weight excluding hydrogens is 352 g/mol. The van der Waals surface area contributed by atoms with Crippen molar-refractivity contribution in [3.05, 3.63) is 52.4 Å². The molecule has 0 bridgehead atoms. The number of nitrogens with zero attached hydrogens (tertiary/aromatic N) is 1. The van der Waals surface area contributed by atoms with Crippen molar-refractivity contribution in [1.29, 1.82) is 0 Å². The predicted octanol–water partition coefficient (Wildman–Crippen LogP) is 3.52. The summed E-state index contributed by atoms with van der Waals surface area (Å²) in [6, 6.07) is 11.0. The second-order valence-corrected chi connectivity index (χ2v) is 8.91. The van der Waals surface area contributed by atoms with Crippen LogP contribution in [0.3, 0.4) is 0 Å². The lowest BCUT2D eigenvalue weighted by Gasteiger charge is -2.28. The van der Waals surface area contributed by atoms with Gasteiger partial charge in [0.25, 0.3) is 0 Å². The van der Waals surface area contributed by atoms with Crippen LogP contribution in [0.5, 0.6) is 0 Å². The maximum atomic E-state index is 12.4. The van der Waals surface area contributed by atoms with E-state index >= 15 is 0 Å². The van der Waals surface area contributed by atoms with E-state index in [1.165, 1.54) is 11.3 Å². The Balaban J connectivity index is 1.81. The molecule has 2 aromatic rings. The topological polar surface area (TPSA) is 49.4 Å². The minimum Gasteiger partial charge on any atom is -0.295 e. The normalized spacial score (nSPS) is 17.4. The number of likely N-dealkylation sites (tertiary alicyclic amines) is 1. The Kier molecular flexibility index (Phi) is 5.38. The summed E-state index contributed by atoms with van der Waals surface area (Å²) in [5, 5.41) is 2.44. The molecule has 1 fully saturated rings. The highest BCUT2D eigenvalue weighted by Crippen LogP contribution is 2.30. The van der Waals surface area contributed by atoms with Gasteiger partial charge in [-0.25, -0.2) is 13.1 Å². The van der Waals surface area contributed by atoms with Gasteiger partial charge >= 0.3 is 0 Å². The molecule has 3 rings (SSSR count). The van der Waals surface area contributed by atoms with Crippen LogP contribution in [0, 0.1) is 0 Å². The number of hydrogen-bond donors (Lipinski definition) is 1. The molecule has 0 radical (unpaired) electrons. The van der Waals surface area contributed by atoms with Crippen LogP contribution >= 0.6 is 22.9 Å². The minimum absolute atomic E-state index is 0.0408. The van der Waals surface area contributed by atoms with Crippen LogP contribution in [-0.4, -0.2) is 33.0 Å². The summed E-state index contributed by atoms with van der Waals surface area (Å²) in [6.07, 6.45) is 2.28. The fourth-order valence-corrected chi connectivity index (χ4v) is 5.25. The van der Waals surface area contributed by atoms with E-state index < -0.39 is 10.0 Å². The Morgan fingerprint density at radius 3 is 2.57 bits per heavy atom. The standard InChI is InChI=1S/C16H19ClN2O2S2/c17-14-7-2-1-6-13(14)15(19-9-3-4-10-19)12-18-23(20,21)16-8-5-11-22-16/h1-2,5-8,11,15,18H,3-4,9-10,12H2/t15-/m1/s1. The van der Waals surface area contributed by atoms with Crippen LogP contribution in [-0.2, 0) is 10.0 Å². The Morgan fingerprint density at radius 2 is 1.91 bits per heavy atom. The molecule has 1 saturated heterocycles. The Morgan fingerprint density at radius 1 is 1.17 bits per heavy atom. The fraction of sp³-hybridized carbons (Fsp3) is 0.375. The monoisotopic (exact) mass is 370 g/mol. The number of thiophene rings is 1. The molecule has 1 atom stereocenters. The largest absolute Gasteiger partial charge is 0.295 e. The molecular formula is C16H19ClN2O2S2. The van der Waals surface area contributed by atoms with Gasteiger partial charge in [-0.1, -0.05) is 35.9 Å². The molecule has 1 N–H and O–H groups in total. The predicted molar refractivity (Wildman–Crippen MR) is 94.5 cm³/mol. The lowest BCUT2D eigenvalue weighted by Crippen LogP contribution is -2.36. The van der Waals surface area contributed by atoms with Gasteiger partial charge in [0, 0.05) is 17.6 Å². The maximum absolute atomic E-state index is 12.4. The van der Waals surface area contributed by atoms with Crippen LogP contribution in [0.1, 0.15) is 24.4 Å². The zero-order valence-corrected chi connectivity index (χ0v) is 15.0. The molecule has 124 valence electrons. The highest BCUT2D eigenvalue weighted by Gasteiger charge is 2.27. The van der Waals surface area contributed by atoms with Gasteiger partial charge in [0.2, 0.25) is 10.0 Å². The molecule has 0 spiro atoms. The van der Waals surface area contributed by atoms with Crippen LogP contribution < -0.4 is 4.72 Å². The first kappa shape index (κ1) is 16.9. The van der Waals surface area contributed by atoms with Crippen molar-refractivity contribution in [3.8, 4) is 0 Å². The second-order valence-electron chi connectivity index (χ2n) is 5.56. The molecule has 23 heavy (non-hydrogen) atoms. The van der Waals surface area contributed by atoms with Crippen molar-refractivity contribution in [2.45, 2.75) is 23.1 Å². The summed E-state index contributed by atoms with van der Waals surface area (Å²) < 4.78 is 27.8. The van der Waals surface area contributed by atoms with Crippen molar-refractivity contribution < 1.29 is 8.42 Å². The summed E-state index contributed by atoms with van der Waals surface area (Å²) in [5.41, 5.74) is 0.977. The number of sulfonamides is 1. The van der Waals surface area contributed by atoms with Crippen molar-refractivity contribution in [1.82, 2.24) is 9.62 Å². The second kappa shape index (κ2) is 7.32. The first-order chi connectivity index (χ1) is 11.1. The highest BCUT2D eigenvalue weighted by atomic mass is 35.5. The van der Waals surface area contributed by atoms with E-state index in [-0.39, 0.29) is 6.04 Å². The van der Waals surface area contributed by atoms with E-state index in [9.17, 15) is 8.42 Å². The van der Waals surface area contributed by atoms with Crippen molar-refractivity contribution in [3.63, 3.8) is 0 Å². The van der Waals surface area contributed by atoms with Gasteiger partial charge < -0.3 is 0 Å². The van der Waals surface area contributed by atoms with Crippen LogP contribution in [0.15, 0.2) is 46.0 Å². The molecule has 7 heteroatoms. The summed E-state index contributed by atoms with van der Waals surface area (Å²) in [7, 11) is -3.46. The first-order valence-electron chi connectivity index (χ1n) is 7.59. The first-order valence-corrected chi connectivity index (χ1v) is 10.3. The van der Waals surface area contributed by atoms with Crippen molar-refractivity contribution in [2.24, 2.45) is 0 Å². The van der Waals surface area contributed by atoms with E-state index in [0.717, 1.165) is 31.5 Å². The van der Waals surface area contributed by atoms with Crippen LogP contribution in [0.4, 0.5) is 0 Å². The summed E-state index contributed by atoms with van der Waals surface area (Å²) in [5.74, 6) is 0. The maximum Gasteiger partial charge on any atom is 0.250 e. The third-order valence-electron chi connectivity index (χ3n) is 4.07. The van der Waals surface area contributed by atoms with E-state index in [4.69, 9.17) is 11.6 Å². The van der Waals surface area contributed by atoms with Gasteiger partial charge in [0.15, 0.2) is 0 Å². The summed E-state index contributed by atoms with van der Waals surface area (Å²) in [6.45, 7) is 2.26. The SMILES string of the molecule is O=S(=O)(NC[C@H](c1ccccc1Cl)N1CCCC1)c1cccs1. The number of halogens is 1. The molecule has 1 aliphatic rings. The summed E-state index contributed by atoms with van der Waals surface area (Å²) in [4.78, 5) is 2.30. The average Bonchev–Trinajstić information content (AvgIpc) is 3.23. The molecule has 0 unspecified atom stereocenters. The Hall–Kier alpha value is -0.920. The van der Waals surface area contributed by atoms with E-state index in [1.54, 1.807) is 17.5 Å². The van der Waals surface area contributed by atoms with E-state index in [0.29, 0.717) is 15.8 Å². The van der Waals surface area contributed by atoms with Crippen LogP contribution in [0.2, 0.25) is 5.02 Å². The van der Waals surface area contributed by atoms with Gasteiger partial charge in [-0.3, -0.25) is 4.90 Å². The quantitative estimate of drug-likeness (QED) is 0.846. The van der Waals surface area contributed by atoms with Crippen molar-refractivity contribution >= 4 is 33.0 Å². The lowest BCUT2D eigenvalue weighted by atomic mass is 10.1. The zero-order valence-electron chi connectivity index (χ0n) is 12.6. The number of rotatable bonds is 6. The third-order valence-corrected chi connectivity index (χ3v) is 7.24. The number of benzene rings is 1. The van der Waals surface area contributed by atoms with Gasteiger partial charge in [-0.05, 0) is 49.0 Å². The smallest absolute Gasteiger partial charge is 0.250 e. The molecule has 0 saturated carbocycles. The van der Waals surface area contributed by atoms with E-state index in [1.807, 2.05) is 24.3 Å². The highest BCUT2D eigenvalue weighted by molar-refractivity contribution is 7.91. The minimum atomic E-state index is -3.46.